The van der Waals surface area contributed by atoms with Gasteiger partial charge in [-0.05, 0) is 35.5 Å². The molecule has 0 fully saturated rings. The van der Waals surface area contributed by atoms with Crippen LogP contribution in [-0.2, 0) is 14.3 Å². The van der Waals surface area contributed by atoms with Crippen LogP contribution in [0.15, 0.2) is 36.4 Å². The fraction of sp³-hybridized carbons (Fsp3) is 0.500. The molecule has 29 heavy (non-hydrogen) atoms. The van der Waals surface area contributed by atoms with Gasteiger partial charge in [0.25, 0.3) is 5.78 Å². The van der Waals surface area contributed by atoms with Gasteiger partial charge in [-0.2, -0.15) is 0 Å². The van der Waals surface area contributed by atoms with Crippen molar-refractivity contribution in [3.8, 4) is 11.5 Å². The number of allylic oxidation sites excluding steroid dienone is 2. The second-order valence-corrected chi connectivity index (χ2v) is 9.22. The summed E-state index contributed by atoms with van der Waals surface area (Å²) in [4.78, 5) is 24.4. The number of hydrogen-bond acceptors (Lipinski definition) is 5. The van der Waals surface area contributed by atoms with Gasteiger partial charge in [0.05, 0.1) is 14.2 Å². The summed E-state index contributed by atoms with van der Waals surface area (Å²) in [6.45, 7) is 12.3. The average molecular weight is 403 g/mol. The van der Waals surface area contributed by atoms with Gasteiger partial charge in [0.2, 0.25) is 0 Å². The molecule has 0 saturated heterocycles. The Morgan fingerprint density at radius 2 is 1.66 bits per heavy atom. The lowest BCUT2D eigenvalue weighted by Gasteiger charge is -2.34. The first-order valence-corrected chi connectivity index (χ1v) is 9.69. The van der Waals surface area contributed by atoms with Gasteiger partial charge in [0.1, 0.15) is 17.6 Å². The minimum absolute atomic E-state index is 0.0166. The highest BCUT2D eigenvalue weighted by Crippen LogP contribution is 2.33. The lowest BCUT2D eigenvalue weighted by atomic mass is 9.78. The average Bonchev–Trinajstić information content (AvgIpc) is 2.62. The number of carbonyl (C=O) groups excluding carboxylic acids is 2. The van der Waals surface area contributed by atoms with Crippen molar-refractivity contribution in [1.82, 2.24) is 0 Å². The molecule has 0 aliphatic rings. The number of ether oxygens (including phenoxy) is 3. The molecule has 0 N–H and O–H groups in total. The van der Waals surface area contributed by atoms with Crippen LogP contribution in [0.25, 0.3) is 6.08 Å². The maximum Gasteiger partial charge on any atom is 0.379 e. The zero-order chi connectivity index (χ0) is 22.2. The van der Waals surface area contributed by atoms with E-state index in [4.69, 9.17) is 14.2 Å². The Kier molecular flexibility index (Phi) is 8.68. The van der Waals surface area contributed by atoms with Crippen molar-refractivity contribution >= 4 is 17.8 Å². The van der Waals surface area contributed by atoms with Crippen LogP contribution >= 0.6 is 0 Å². The van der Waals surface area contributed by atoms with E-state index in [1.54, 1.807) is 32.4 Å². The maximum atomic E-state index is 12.2. The quantitative estimate of drug-likeness (QED) is 0.258. The Balaban J connectivity index is 2.78. The van der Waals surface area contributed by atoms with Crippen LogP contribution in [0.1, 0.15) is 53.5 Å². The van der Waals surface area contributed by atoms with Crippen molar-refractivity contribution in [2.75, 3.05) is 14.2 Å². The summed E-state index contributed by atoms with van der Waals surface area (Å²) in [6, 6.07) is 5.43. The predicted octanol–water partition coefficient (Wildman–Crippen LogP) is 5.24. The second-order valence-electron chi connectivity index (χ2n) is 9.22. The van der Waals surface area contributed by atoms with Crippen LogP contribution < -0.4 is 9.47 Å². The van der Waals surface area contributed by atoms with Crippen LogP contribution in [0.2, 0.25) is 0 Å². The van der Waals surface area contributed by atoms with Crippen LogP contribution in [0.5, 0.6) is 11.5 Å². The molecule has 0 aliphatic carbocycles. The third-order valence-electron chi connectivity index (χ3n) is 4.29. The standard InChI is InChI=1S/C24H34O5/c1-23(2,3)16-21(24(4,5)6)29-22(26)19(25)12-10-9-11-17-13-14-18(27-7)15-20(17)28-8/h9-15,21H,16H2,1-8H3. The van der Waals surface area contributed by atoms with E-state index in [-0.39, 0.29) is 16.9 Å². The lowest BCUT2D eigenvalue weighted by Crippen LogP contribution is -2.36. The molecule has 160 valence electrons. The lowest BCUT2D eigenvalue weighted by molar-refractivity contribution is -0.162. The van der Waals surface area contributed by atoms with E-state index in [9.17, 15) is 9.59 Å². The van der Waals surface area contributed by atoms with Crippen LogP contribution in [-0.4, -0.2) is 32.1 Å². The van der Waals surface area contributed by atoms with Crippen molar-refractivity contribution in [1.29, 1.82) is 0 Å². The van der Waals surface area contributed by atoms with E-state index >= 15 is 0 Å². The minimum Gasteiger partial charge on any atom is -0.497 e. The molecule has 0 bridgehead atoms. The molecule has 5 heteroatoms. The summed E-state index contributed by atoms with van der Waals surface area (Å²) < 4.78 is 16.0. The first-order valence-electron chi connectivity index (χ1n) is 9.69. The van der Waals surface area contributed by atoms with Gasteiger partial charge in [-0.3, -0.25) is 4.79 Å². The highest BCUT2D eigenvalue weighted by Gasteiger charge is 2.33. The zero-order valence-corrected chi connectivity index (χ0v) is 18.9. The van der Waals surface area contributed by atoms with Crippen LogP contribution in [0, 0.1) is 10.8 Å². The third-order valence-corrected chi connectivity index (χ3v) is 4.29. The number of rotatable bonds is 8. The normalized spacial score (nSPS) is 13.5. The van der Waals surface area contributed by atoms with Crippen molar-refractivity contribution in [2.24, 2.45) is 10.8 Å². The number of hydrogen-bond donors (Lipinski definition) is 0. The van der Waals surface area contributed by atoms with Gasteiger partial charge in [-0.1, -0.05) is 59.8 Å². The van der Waals surface area contributed by atoms with Gasteiger partial charge >= 0.3 is 5.97 Å². The van der Waals surface area contributed by atoms with E-state index in [1.165, 1.54) is 12.2 Å². The molecule has 0 aliphatic heterocycles. The Labute approximate surface area is 174 Å². The summed E-state index contributed by atoms with van der Waals surface area (Å²) in [5.41, 5.74) is 0.556. The second kappa shape index (κ2) is 10.3. The van der Waals surface area contributed by atoms with E-state index in [0.717, 1.165) is 5.56 Å². The SMILES string of the molecule is COc1ccc(C=CC=CC(=O)C(=O)OC(CC(C)(C)C)C(C)(C)C)c(OC)c1. The zero-order valence-electron chi connectivity index (χ0n) is 18.9. The topological polar surface area (TPSA) is 61.8 Å². The predicted molar refractivity (Wildman–Crippen MR) is 116 cm³/mol. The van der Waals surface area contributed by atoms with E-state index in [0.29, 0.717) is 17.9 Å². The first-order chi connectivity index (χ1) is 13.4. The number of ketones is 1. The number of esters is 1. The van der Waals surface area contributed by atoms with E-state index in [2.05, 4.69) is 20.8 Å². The molecule has 0 radical (unpaired) electrons. The molecule has 1 atom stereocenters. The molecule has 1 rings (SSSR count). The molecule has 5 nitrogen and oxygen atoms in total. The molecule has 0 heterocycles. The maximum absolute atomic E-state index is 12.2. The minimum atomic E-state index is -0.833. The number of benzene rings is 1. The van der Waals surface area contributed by atoms with Crippen LogP contribution in [0.4, 0.5) is 0 Å². The molecule has 0 aromatic heterocycles. The summed E-state index contributed by atoms with van der Waals surface area (Å²) >= 11 is 0. The summed E-state index contributed by atoms with van der Waals surface area (Å²) in [6.07, 6.45) is 6.52. The van der Waals surface area contributed by atoms with Crippen molar-refractivity contribution < 1.29 is 23.8 Å². The smallest absolute Gasteiger partial charge is 0.379 e. The fourth-order valence-corrected chi connectivity index (χ4v) is 2.59. The highest BCUT2D eigenvalue weighted by atomic mass is 16.5. The molecular weight excluding hydrogens is 368 g/mol. The first kappa shape index (κ1) is 24.5. The third kappa shape index (κ3) is 8.55. The Bertz CT molecular complexity index is 760. The summed E-state index contributed by atoms with van der Waals surface area (Å²) in [7, 11) is 3.16. The molecule has 0 spiro atoms. The van der Waals surface area contributed by atoms with Gasteiger partial charge in [0, 0.05) is 11.6 Å². The Morgan fingerprint density at radius 1 is 1.00 bits per heavy atom. The van der Waals surface area contributed by atoms with Crippen LogP contribution in [0.3, 0.4) is 0 Å². The Hall–Kier alpha value is -2.56. The van der Waals surface area contributed by atoms with Crippen molar-refractivity contribution in [2.45, 2.75) is 54.1 Å². The summed E-state index contributed by atoms with van der Waals surface area (Å²) in [5.74, 6) is -0.175. The van der Waals surface area contributed by atoms with Crippen molar-refractivity contribution in [3.63, 3.8) is 0 Å². The number of carbonyl (C=O) groups is 2. The van der Waals surface area contributed by atoms with E-state index in [1.807, 2.05) is 32.9 Å². The highest BCUT2D eigenvalue weighted by molar-refractivity contribution is 6.38. The van der Waals surface area contributed by atoms with Gasteiger partial charge < -0.3 is 14.2 Å². The monoisotopic (exact) mass is 402 g/mol. The molecule has 1 aromatic rings. The largest absolute Gasteiger partial charge is 0.497 e. The number of methoxy groups -OCH3 is 2. The van der Waals surface area contributed by atoms with E-state index < -0.39 is 11.8 Å². The molecule has 0 amide bonds. The van der Waals surface area contributed by atoms with Gasteiger partial charge in [-0.25, -0.2) is 4.79 Å². The molecule has 0 saturated carbocycles. The molecular formula is C24H34O5. The fourth-order valence-electron chi connectivity index (χ4n) is 2.59. The summed E-state index contributed by atoms with van der Waals surface area (Å²) in [5, 5.41) is 0. The van der Waals surface area contributed by atoms with Gasteiger partial charge in [-0.15, -0.1) is 0 Å². The van der Waals surface area contributed by atoms with Gasteiger partial charge in [0.15, 0.2) is 0 Å². The van der Waals surface area contributed by atoms with Crippen molar-refractivity contribution in [3.05, 3.63) is 42.0 Å². The molecule has 1 aromatic carbocycles. The molecule has 1 unspecified atom stereocenters. The Morgan fingerprint density at radius 3 is 2.17 bits per heavy atom.